The molecule has 9 nitrogen and oxygen atoms in total. The molecule has 1 aliphatic carbocycles. The molecule has 47 heavy (non-hydrogen) atoms. The first-order chi connectivity index (χ1) is 22.5. The van der Waals surface area contributed by atoms with E-state index in [4.69, 9.17) is 9.47 Å². The lowest BCUT2D eigenvalue weighted by molar-refractivity contribution is -0.143. The molecule has 4 aromatic rings. The molecule has 1 aromatic carbocycles. The lowest BCUT2D eigenvalue weighted by atomic mass is 9.88. The van der Waals surface area contributed by atoms with E-state index in [1.54, 1.807) is 23.5 Å². The number of benzene rings is 1. The van der Waals surface area contributed by atoms with Gasteiger partial charge in [-0.25, -0.2) is 19.3 Å². The molecule has 3 aromatic heterocycles. The highest BCUT2D eigenvalue weighted by Crippen LogP contribution is 2.49. The van der Waals surface area contributed by atoms with Crippen LogP contribution in [0.15, 0.2) is 42.6 Å². The van der Waals surface area contributed by atoms with Gasteiger partial charge in [-0.2, -0.15) is 18.3 Å². The maximum absolute atomic E-state index is 14.2. The fraction of sp³-hybridized carbons (Fsp3) is 0.412. The van der Waals surface area contributed by atoms with Crippen LogP contribution in [0.5, 0.6) is 5.75 Å². The van der Waals surface area contributed by atoms with E-state index in [0.29, 0.717) is 29.4 Å². The summed E-state index contributed by atoms with van der Waals surface area (Å²) in [5, 5.41) is 13.2. The van der Waals surface area contributed by atoms with Crippen molar-refractivity contribution in [2.45, 2.75) is 71.1 Å². The minimum absolute atomic E-state index is 0.0708. The van der Waals surface area contributed by atoms with Crippen LogP contribution in [0.1, 0.15) is 87.6 Å². The van der Waals surface area contributed by atoms with Crippen LogP contribution in [0.3, 0.4) is 0 Å². The summed E-state index contributed by atoms with van der Waals surface area (Å²) in [7, 11) is 0. The molecule has 1 saturated carbocycles. The molecule has 1 saturated heterocycles. The molecule has 0 atom stereocenters. The van der Waals surface area contributed by atoms with Crippen molar-refractivity contribution < 1.29 is 37.3 Å². The van der Waals surface area contributed by atoms with Crippen LogP contribution in [0.4, 0.5) is 18.0 Å². The Morgan fingerprint density at radius 2 is 1.81 bits per heavy atom. The first-order valence-electron chi connectivity index (χ1n) is 15.6. The number of hydrogen-bond acceptors (Lipinski definition) is 7. The fourth-order valence-electron chi connectivity index (χ4n) is 6.32. The lowest BCUT2D eigenvalue weighted by Crippen LogP contribution is -2.36. The number of carbonyl (C=O) groups excluding carboxylic acids is 1. The highest BCUT2D eigenvalue weighted by molar-refractivity contribution is 7.15. The molecular formula is C34H35F3N4O5S. The van der Waals surface area contributed by atoms with Crippen LogP contribution in [0, 0.1) is 13.8 Å². The summed E-state index contributed by atoms with van der Waals surface area (Å²) in [6.45, 7) is 6.78. The van der Waals surface area contributed by atoms with Gasteiger partial charge in [0.25, 0.3) is 0 Å². The Balaban J connectivity index is 1.28. The van der Waals surface area contributed by atoms with E-state index in [1.165, 1.54) is 23.5 Å². The predicted molar refractivity (Wildman–Crippen MR) is 169 cm³/mol. The Bertz CT molecular complexity index is 1810. The summed E-state index contributed by atoms with van der Waals surface area (Å²) in [6, 6.07) is 10.9. The van der Waals surface area contributed by atoms with Gasteiger partial charge < -0.3 is 19.5 Å². The number of esters is 1. The van der Waals surface area contributed by atoms with Gasteiger partial charge in [0.2, 0.25) is 0 Å². The summed E-state index contributed by atoms with van der Waals surface area (Å²) < 4.78 is 54.5. The largest absolute Gasteiger partial charge is 0.489 e. The zero-order valence-corrected chi connectivity index (χ0v) is 27.1. The van der Waals surface area contributed by atoms with E-state index in [9.17, 15) is 27.9 Å². The number of carbonyl (C=O) groups is 2. The highest BCUT2D eigenvalue weighted by Gasteiger charge is 2.41. The van der Waals surface area contributed by atoms with Crippen molar-refractivity contribution in [2.75, 3.05) is 19.7 Å². The van der Waals surface area contributed by atoms with Crippen LogP contribution < -0.4 is 4.74 Å². The smallest absolute Gasteiger partial charge is 0.434 e. The summed E-state index contributed by atoms with van der Waals surface area (Å²) in [5.74, 6) is 0.239. The molecular weight excluding hydrogens is 633 g/mol. The Morgan fingerprint density at radius 1 is 1.06 bits per heavy atom. The minimum atomic E-state index is -4.88. The van der Waals surface area contributed by atoms with Crippen molar-refractivity contribution in [1.82, 2.24) is 19.7 Å². The topological polar surface area (TPSA) is 107 Å². The number of hydrogen-bond donors (Lipinski definition) is 1. The number of halogens is 3. The third kappa shape index (κ3) is 6.71. The SMILES string of the molecule is CCOC(=O)c1cnn(-c2cccc(-c3sc(C)c(C4CC4)c3COc3ccc(C4CCN(C(=O)O)CC4)cc3C)n2)c1C(F)(F)F. The quantitative estimate of drug-likeness (QED) is 0.180. The van der Waals surface area contributed by atoms with Gasteiger partial charge in [-0.05, 0) is 93.2 Å². The predicted octanol–water partition coefficient (Wildman–Crippen LogP) is 8.12. The normalized spacial score (nSPS) is 15.6. The second-order valence-corrected chi connectivity index (χ2v) is 13.2. The van der Waals surface area contributed by atoms with Gasteiger partial charge >= 0.3 is 18.2 Å². The van der Waals surface area contributed by atoms with Crippen LogP contribution in [0.25, 0.3) is 16.4 Å². The van der Waals surface area contributed by atoms with Gasteiger partial charge in [-0.1, -0.05) is 18.2 Å². The Kier molecular flexibility index (Phi) is 9.01. The van der Waals surface area contributed by atoms with Gasteiger partial charge in [-0.3, -0.25) is 0 Å². The van der Waals surface area contributed by atoms with E-state index < -0.39 is 29.5 Å². The first-order valence-corrected chi connectivity index (χ1v) is 16.4. The number of carboxylic acid groups (broad SMARTS) is 1. The summed E-state index contributed by atoms with van der Waals surface area (Å²) in [5.41, 5.74) is 2.88. The van der Waals surface area contributed by atoms with E-state index in [-0.39, 0.29) is 24.9 Å². The molecule has 1 aliphatic heterocycles. The number of piperidine rings is 1. The van der Waals surface area contributed by atoms with E-state index >= 15 is 0 Å². The average Bonchev–Trinajstić information content (AvgIpc) is 3.66. The number of nitrogens with zero attached hydrogens (tertiary/aromatic N) is 4. The van der Waals surface area contributed by atoms with Gasteiger partial charge in [0.05, 0.1) is 23.4 Å². The van der Waals surface area contributed by atoms with Crippen LogP contribution in [-0.2, 0) is 17.5 Å². The summed E-state index contributed by atoms with van der Waals surface area (Å²) in [4.78, 5) is 31.6. The molecule has 0 spiro atoms. The molecule has 248 valence electrons. The zero-order chi connectivity index (χ0) is 33.5. The number of aromatic nitrogens is 3. The standard InChI is InChI=1S/C34H35F3N4O5S/c1-4-45-32(42)24-17-38-41(31(24)34(35,36)37)28-7-5-6-26(39-28)30-25(29(20(3)47-30)22-8-9-22)18-46-27-11-10-23(16-19(27)2)21-12-14-40(15-13-21)33(43)44/h5-7,10-11,16-17,21-22H,4,8-9,12-15,18H2,1-3H3,(H,43,44). The Labute approximate surface area is 273 Å². The van der Waals surface area contributed by atoms with Gasteiger partial charge in [0, 0.05) is 23.5 Å². The second-order valence-electron chi connectivity index (χ2n) is 11.9. The maximum atomic E-state index is 14.2. The average molecular weight is 669 g/mol. The van der Waals surface area contributed by atoms with Gasteiger partial charge in [0.15, 0.2) is 11.5 Å². The van der Waals surface area contributed by atoms with Crippen LogP contribution in [-0.4, -0.2) is 56.5 Å². The number of amides is 1. The van der Waals surface area contributed by atoms with Crippen LogP contribution in [0.2, 0.25) is 0 Å². The minimum Gasteiger partial charge on any atom is -0.489 e. The van der Waals surface area contributed by atoms with Crippen LogP contribution >= 0.6 is 11.3 Å². The van der Waals surface area contributed by atoms with Gasteiger partial charge in [-0.15, -0.1) is 11.3 Å². The van der Waals surface area contributed by atoms with Crippen molar-refractivity contribution in [3.63, 3.8) is 0 Å². The molecule has 6 rings (SSSR count). The van der Waals surface area contributed by atoms with Crippen molar-refractivity contribution >= 4 is 23.4 Å². The molecule has 13 heteroatoms. The van der Waals surface area contributed by atoms with Crippen molar-refractivity contribution in [3.8, 4) is 22.1 Å². The third-order valence-electron chi connectivity index (χ3n) is 8.74. The molecule has 1 amide bonds. The number of likely N-dealkylation sites (tertiary alicyclic amines) is 1. The number of aryl methyl sites for hydroxylation is 2. The number of rotatable bonds is 9. The number of alkyl halides is 3. The van der Waals surface area contributed by atoms with Gasteiger partial charge in [0.1, 0.15) is 17.9 Å². The molecule has 0 bridgehead atoms. The summed E-state index contributed by atoms with van der Waals surface area (Å²) >= 11 is 1.54. The molecule has 0 unspecified atom stereocenters. The van der Waals surface area contributed by atoms with Crippen molar-refractivity contribution in [1.29, 1.82) is 0 Å². The van der Waals surface area contributed by atoms with Crippen molar-refractivity contribution in [3.05, 3.63) is 81.0 Å². The number of ether oxygens (including phenoxy) is 2. The second kappa shape index (κ2) is 13.0. The Hall–Kier alpha value is -4.39. The molecule has 1 N–H and O–H groups in total. The molecule has 4 heterocycles. The van der Waals surface area contributed by atoms with E-state index in [1.807, 2.05) is 26.0 Å². The molecule has 0 radical (unpaired) electrons. The number of pyridine rings is 1. The summed E-state index contributed by atoms with van der Waals surface area (Å²) in [6.07, 6.45) is -1.23. The van der Waals surface area contributed by atoms with E-state index in [2.05, 4.69) is 16.1 Å². The fourth-order valence-corrected chi connectivity index (χ4v) is 7.54. The zero-order valence-electron chi connectivity index (χ0n) is 26.3. The van der Waals surface area contributed by atoms with Crippen molar-refractivity contribution in [2.24, 2.45) is 0 Å². The molecule has 2 fully saturated rings. The van der Waals surface area contributed by atoms with E-state index in [0.717, 1.165) is 64.1 Å². The lowest BCUT2D eigenvalue weighted by Gasteiger charge is -2.30. The maximum Gasteiger partial charge on any atom is 0.434 e. The monoisotopic (exact) mass is 668 g/mol. The first kappa shape index (κ1) is 32.5. The Morgan fingerprint density at radius 3 is 2.45 bits per heavy atom. The third-order valence-corrected chi connectivity index (χ3v) is 9.93. The highest BCUT2D eigenvalue weighted by atomic mass is 32.1. The molecule has 2 aliphatic rings. The number of thiophene rings is 1.